The first-order valence-electron chi connectivity index (χ1n) is 7.37. The molecule has 0 bridgehead atoms. The van der Waals surface area contributed by atoms with Crippen LogP contribution < -0.4 is 5.73 Å². The van der Waals surface area contributed by atoms with Crippen molar-refractivity contribution >= 4 is 0 Å². The van der Waals surface area contributed by atoms with Gasteiger partial charge in [0.25, 0.3) is 0 Å². The number of nitrogens with two attached hydrogens (primary N) is 1. The predicted molar refractivity (Wildman–Crippen MR) is 79.0 cm³/mol. The van der Waals surface area contributed by atoms with E-state index in [9.17, 15) is 0 Å². The Morgan fingerprint density at radius 3 is 2.06 bits per heavy atom. The van der Waals surface area contributed by atoms with Crippen LogP contribution >= 0.6 is 0 Å². The SMILES string of the molecule is CCN(CC)CCCN(CC)CC(N)CCOC. The molecule has 0 aromatic carbocycles. The van der Waals surface area contributed by atoms with Gasteiger partial charge in [0.2, 0.25) is 0 Å². The first kappa shape index (κ1) is 17.8. The molecule has 0 spiro atoms. The van der Waals surface area contributed by atoms with E-state index >= 15 is 0 Å². The number of rotatable bonds is 12. The number of hydrogen-bond acceptors (Lipinski definition) is 4. The summed E-state index contributed by atoms with van der Waals surface area (Å²) in [4.78, 5) is 4.92. The van der Waals surface area contributed by atoms with Gasteiger partial charge in [-0.15, -0.1) is 0 Å². The maximum Gasteiger partial charge on any atom is 0.0477 e. The predicted octanol–water partition coefficient (Wildman–Crippen LogP) is 1.40. The van der Waals surface area contributed by atoms with E-state index in [1.165, 1.54) is 13.0 Å². The molecule has 110 valence electrons. The molecule has 0 radical (unpaired) electrons. The van der Waals surface area contributed by atoms with Crippen molar-refractivity contribution in [3.05, 3.63) is 0 Å². The molecule has 0 aromatic heterocycles. The summed E-state index contributed by atoms with van der Waals surface area (Å²) >= 11 is 0. The Kier molecular flexibility index (Phi) is 11.8. The molecule has 0 heterocycles. The van der Waals surface area contributed by atoms with Crippen LogP contribution in [0.5, 0.6) is 0 Å². The van der Waals surface area contributed by atoms with Crippen molar-refractivity contribution in [3.63, 3.8) is 0 Å². The second-order valence-electron chi connectivity index (χ2n) is 4.82. The highest BCUT2D eigenvalue weighted by Crippen LogP contribution is 1.99. The molecule has 18 heavy (non-hydrogen) atoms. The summed E-state index contributed by atoms with van der Waals surface area (Å²) in [5, 5.41) is 0. The van der Waals surface area contributed by atoms with Crippen molar-refractivity contribution in [2.45, 2.75) is 39.7 Å². The van der Waals surface area contributed by atoms with Gasteiger partial charge in [0.1, 0.15) is 0 Å². The zero-order valence-corrected chi connectivity index (χ0v) is 12.8. The average Bonchev–Trinajstić information content (AvgIpc) is 2.39. The monoisotopic (exact) mass is 259 g/mol. The van der Waals surface area contributed by atoms with E-state index in [1.807, 2.05) is 0 Å². The van der Waals surface area contributed by atoms with E-state index in [-0.39, 0.29) is 6.04 Å². The van der Waals surface area contributed by atoms with E-state index < -0.39 is 0 Å². The lowest BCUT2D eigenvalue weighted by Crippen LogP contribution is -2.39. The lowest BCUT2D eigenvalue weighted by Gasteiger charge is -2.25. The smallest absolute Gasteiger partial charge is 0.0477 e. The Labute approximate surface area is 113 Å². The first-order chi connectivity index (χ1) is 8.67. The molecular formula is C14H33N3O. The number of nitrogens with zero attached hydrogens (tertiary/aromatic N) is 2. The average molecular weight is 259 g/mol. The molecular weight excluding hydrogens is 226 g/mol. The third-order valence-corrected chi connectivity index (χ3v) is 3.48. The van der Waals surface area contributed by atoms with Crippen LogP contribution in [0.4, 0.5) is 0 Å². The van der Waals surface area contributed by atoms with Gasteiger partial charge in [-0.2, -0.15) is 0 Å². The zero-order chi connectivity index (χ0) is 13.8. The van der Waals surface area contributed by atoms with Crippen LogP contribution in [0.25, 0.3) is 0 Å². The van der Waals surface area contributed by atoms with Crippen molar-refractivity contribution < 1.29 is 4.74 Å². The van der Waals surface area contributed by atoms with Gasteiger partial charge in [0.15, 0.2) is 0 Å². The van der Waals surface area contributed by atoms with Crippen LogP contribution in [0.15, 0.2) is 0 Å². The minimum absolute atomic E-state index is 0.235. The summed E-state index contributed by atoms with van der Waals surface area (Å²) in [6, 6.07) is 0.235. The Hall–Kier alpha value is -0.160. The highest BCUT2D eigenvalue weighted by atomic mass is 16.5. The molecule has 1 atom stereocenters. The minimum Gasteiger partial charge on any atom is -0.385 e. The van der Waals surface area contributed by atoms with Crippen LogP contribution in [-0.4, -0.2) is 68.8 Å². The highest BCUT2D eigenvalue weighted by molar-refractivity contribution is 4.68. The molecule has 0 amide bonds. The van der Waals surface area contributed by atoms with Gasteiger partial charge in [0.05, 0.1) is 0 Å². The van der Waals surface area contributed by atoms with E-state index in [1.54, 1.807) is 7.11 Å². The maximum atomic E-state index is 6.09. The van der Waals surface area contributed by atoms with E-state index in [0.717, 1.165) is 45.8 Å². The van der Waals surface area contributed by atoms with E-state index in [4.69, 9.17) is 10.5 Å². The van der Waals surface area contributed by atoms with Gasteiger partial charge in [-0.25, -0.2) is 0 Å². The summed E-state index contributed by atoms with van der Waals surface area (Å²) in [6.45, 7) is 14.1. The normalized spacial score (nSPS) is 13.5. The van der Waals surface area contributed by atoms with Gasteiger partial charge in [-0.3, -0.25) is 0 Å². The van der Waals surface area contributed by atoms with Crippen LogP contribution in [0.1, 0.15) is 33.6 Å². The number of likely N-dealkylation sites (N-methyl/N-ethyl adjacent to an activating group) is 1. The minimum atomic E-state index is 0.235. The van der Waals surface area contributed by atoms with Crippen molar-refractivity contribution in [3.8, 4) is 0 Å². The fraction of sp³-hybridized carbons (Fsp3) is 1.00. The molecule has 4 nitrogen and oxygen atoms in total. The molecule has 0 aliphatic rings. The molecule has 0 rings (SSSR count). The Morgan fingerprint density at radius 2 is 1.56 bits per heavy atom. The first-order valence-corrected chi connectivity index (χ1v) is 7.37. The van der Waals surface area contributed by atoms with Crippen molar-refractivity contribution in [1.82, 2.24) is 9.80 Å². The van der Waals surface area contributed by atoms with E-state index in [2.05, 4.69) is 30.6 Å². The molecule has 0 aliphatic heterocycles. The Balaban J connectivity index is 3.75. The summed E-state index contributed by atoms with van der Waals surface area (Å²) < 4.78 is 5.06. The molecule has 0 aromatic rings. The summed E-state index contributed by atoms with van der Waals surface area (Å²) in [5.74, 6) is 0. The van der Waals surface area contributed by atoms with Crippen molar-refractivity contribution in [2.75, 3.05) is 53.0 Å². The van der Waals surface area contributed by atoms with Gasteiger partial charge in [-0.05, 0) is 45.6 Å². The molecule has 0 saturated heterocycles. The molecule has 0 fully saturated rings. The van der Waals surface area contributed by atoms with Gasteiger partial charge in [0, 0.05) is 26.3 Å². The Bertz CT molecular complexity index is 174. The van der Waals surface area contributed by atoms with Gasteiger partial charge < -0.3 is 20.3 Å². The lowest BCUT2D eigenvalue weighted by atomic mass is 10.2. The molecule has 1 unspecified atom stereocenters. The molecule has 0 aliphatic carbocycles. The molecule has 0 saturated carbocycles. The summed E-state index contributed by atoms with van der Waals surface area (Å²) in [5.41, 5.74) is 6.09. The zero-order valence-electron chi connectivity index (χ0n) is 12.8. The number of hydrogen-bond donors (Lipinski definition) is 1. The number of ether oxygens (including phenoxy) is 1. The second kappa shape index (κ2) is 11.9. The third kappa shape index (κ3) is 8.86. The van der Waals surface area contributed by atoms with Crippen LogP contribution in [-0.2, 0) is 4.74 Å². The molecule has 2 N–H and O–H groups in total. The Morgan fingerprint density at radius 1 is 1.00 bits per heavy atom. The standard InChI is InChI=1S/C14H33N3O/c1-5-16(6-2)10-8-11-17(7-3)13-14(15)9-12-18-4/h14H,5-13,15H2,1-4H3. The van der Waals surface area contributed by atoms with Crippen LogP contribution in [0.2, 0.25) is 0 Å². The summed E-state index contributed by atoms with van der Waals surface area (Å²) in [6.07, 6.45) is 2.18. The topological polar surface area (TPSA) is 41.7 Å². The van der Waals surface area contributed by atoms with Gasteiger partial charge in [-0.1, -0.05) is 20.8 Å². The van der Waals surface area contributed by atoms with Crippen LogP contribution in [0.3, 0.4) is 0 Å². The highest BCUT2D eigenvalue weighted by Gasteiger charge is 2.09. The van der Waals surface area contributed by atoms with Crippen molar-refractivity contribution in [1.29, 1.82) is 0 Å². The number of methoxy groups -OCH3 is 1. The second-order valence-corrected chi connectivity index (χ2v) is 4.82. The maximum absolute atomic E-state index is 6.09. The fourth-order valence-corrected chi connectivity index (χ4v) is 2.13. The van der Waals surface area contributed by atoms with Gasteiger partial charge >= 0.3 is 0 Å². The quantitative estimate of drug-likeness (QED) is 0.575. The van der Waals surface area contributed by atoms with Crippen molar-refractivity contribution in [2.24, 2.45) is 5.73 Å². The van der Waals surface area contributed by atoms with E-state index in [0.29, 0.717) is 0 Å². The largest absolute Gasteiger partial charge is 0.385 e. The fourth-order valence-electron chi connectivity index (χ4n) is 2.13. The summed E-state index contributed by atoms with van der Waals surface area (Å²) in [7, 11) is 1.73. The molecule has 4 heteroatoms. The third-order valence-electron chi connectivity index (χ3n) is 3.48. The lowest BCUT2D eigenvalue weighted by molar-refractivity contribution is 0.173. The van der Waals surface area contributed by atoms with Crippen LogP contribution in [0, 0.1) is 0 Å².